The van der Waals surface area contributed by atoms with Gasteiger partial charge in [-0.3, -0.25) is 0 Å². The Labute approximate surface area is 146 Å². The molecule has 0 aromatic heterocycles. The lowest BCUT2D eigenvalue weighted by atomic mass is 10.1. The minimum Gasteiger partial charge on any atom is -0.476 e. The summed E-state index contributed by atoms with van der Waals surface area (Å²) < 4.78 is 17.1. The second-order valence-electron chi connectivity index (χ2n) is 8.21. The summed E-state index contributed by atoms with van der Waals surface area (Å²) in [6.45, 7) is 16.8. The van der Waals surface area contributed by atoms with Crippen molar-refractivity contribution >= 4 is 14.0 Å². The van der Waals surface area contributed by atoms with E-state index in [2.05, 4.69) is 32.6 Å². The Kier molecular flexibility index (Phi) is 4.90. The Morgan fingerprint density at radius 3 is 2.42 bits per heavy atom. The summed E-state index contributed by atoms with van der Waals surface area (Å²) in [5.74, 6) is 0.345. The third-order valence-corrected chi connectivity index (χ3v) is 8.29. The molecular weight excluding hydrogens is 320 g/mol. The third-order valence-electron chi connectivity index (χ3n) is 4.93. The molecule has 1 fully saturated rings. The summed E-state index contributed by atoms with van der Waals surface area (Å²) in [6.07, 6.45) is 0.162. The minimum absolute atomic E-state index is 0.00792. The topological polar surface area (TPSA) is 48.1 Å². The molecule has 0 amide bonds. The van der Waals surface area contributed by atoms with Crippen LogP contribution < -0.4 is 4.74 Å². The Morgan fingerprint density at radius 2 is 1.96 bits per heavy atom. The van der Waals surface area contributed by atoms with Gasteiger partial charge in [-0.2, -0.15) is 0 Å². The lowest BCUT2D eigenvalue weighted by Crippen LogP contribution is -2.40. The number of benzene rings is 1. The van der Waals surface area contributed by atoms with Crippen molar-refractivity contribution in [2.75, 3.05) is 6.61 Å². The highest BCUT2D eigenvalue weighted by atomic mass is 28.3. The molecule has 1 aliphatic rings. The summed E-state index contributed by atoms with van der Waals surface area (Å²) in [4.78, 5) is 12.0. The molecule has 4 nitrogen and oxygen atoms in total. The molecule has 0 saturated carbocycles. The molecule has 1 saturated heterocycles. The number of epoxide rings is 1. The number of rotatable bonds is 6. The fraction of sp³-hybridized carbons (Fsp3) is 0.632. The summed E-state index contributed by atoms with van der Waals surface area (Å²) in [7, 11) is -1.40. The average Bonchev–Trinajstić information content (AvgIpc) is 3.15. The zero-order valence-electron chi connectivity index (χ0n) is 16.1. The van der Waals surface area contributed by atoms with E-state index >= 15 is 0 Å². The standard InChI is InChI=1S/C19H30O4Si/c1-9-21-17(20)18(3,4)22-15-11-10-14(12-13(15)2)16-19(5,23-16)24(6,7)8/h10-12,16H,9H2,1-8H3. The summed E-state index contributed by atoms with van der Waals surface area (Å²) in [6, 6.07) is 6.07. The molecule has 0 radical (unpaired) electrons. The molecule has 2 unspecified atom stereocenters. The van der Waals surface area contributed by atoms with Gasteiger partial charge in [0, 0.05) is 0 Å². The first-order chi connectivity index (χ1) is 10.9. The van der Waals surface area contributed by atoms with Crippen LogP contribution in [0.25, 0.3) is 0 Å². The van der Waals surface area contributed by atoms with E-state index in [0.717, 1.165) is 5.56 Å². The van der Waals surface area contributed by atoms with E-state index in [1.165, 1.54) is 5.56 Å². The highest BCUT2D eigenvalue weighted by Gasteiger charge is 2.61. The van der Waals surface area contributed by atoms with Crippen LogP contribution in [0, 0.1) is 6.92 Å². The molecular formula is C19H30O4Si. The van der Waals surface area contributed by atoms with Crippen LogP contribution in [0.5, 0.6) is 5.75 Å². The van der Waals surface area contributed by atoms with E-state index in [4.69, 9.17) is 14.2 Å². The predicted molar refractivity (Wildman–Crippen MR) is 98.1 cm³/mol. The second kappa shape index (κ2) is 6.19. The van der Waals surface area contributed by atoms with Crippen LogP contribution in [0.2, 0.25) is 19.6 Å². The first kappa shape index (κ1) is 19.0. The molecule has 0 N–H and O–H groups in total. The van der Waals surface area contributed by atoms with E-state index in [0.29, 0.717) is 12.4 Å². The number of aryl methyl sites for hydroxylation is 1. The normalized spacial score (nSPS) is 23.8. The lowest BCUT2D eigenvalue weighted by Gasteiger charge is -2.25. The van der Waals surface area contributed by atoms with Gasteiger partial charge in [0.15, 0.2) is 5.60 Å². The maximum atomic E-state index is 12.0. The molecule has 2 atom stereocenters. The van der Waals surface area contributed by atoms with Crippen molar-refractivity contribution in [1.82, 2.24) is 0 Å². The molecule has 2 rings (SSSR count). The van der Waals surface area contributed by atoms with Crippen molar-refractivity contribution in [3.63, 3.8) is 0 Å². The van der Waals surface area contributed by atoms with Crippen LogP contribution in [0.4, 0.5) is 0 Å². The highest BCUT2D eigenvalue weighted by molar-refractivity contribution is 6.79. The van der Waals surface area contributed by atoms with Gasteiger partial charge in [-0.15, -0.1) is 0 Å². The molecule has 5 heteroatoms. The highest BCUT2D eigenvalue weighted by Crippen LogP contribution is 2.55. The van der Waals surface area contributed by atoms with E-state index in [1.807, 2.05) is 19.1 Å². The summed E-state index contributed by atoms with van der Waals surface area (Å²) in [5.41, 5.74) is 1.17. The number of hydrogen-bond donors (Lipinski definition) is 0. The van der Waals surface area contributed by atoms with Gasteiger partial charge in [0.05, 0.1) is 19.9 Å². The van der Waals surface area contributed by atoms with Crippen molar-refractivity contribution in [1.29, 1.82) is 0 Å². The van der Waals surface area contributed by atoms with Gasteiger partial charge in [-0.25, -0.2) is 4.79 Å². The van der Waals surface area contributed by atoms with Gasteiger partial charge in [0.2, 0.25) is 0 Å². The quantitative estimate of drug-likeness (QED) is 0.433. The van der Waals surface area contributed by atoms with Crippen LogP contribution in [-0.4, -0.2) is 31.5 Å². The van der Waals surface area contributed by atoms with Gasteiger partial charge >= 0.3 is 5.97 Å². The van der Waals surface area contributed by atoms with Crippen molar-refractivity contribution in [2.24, 2.45) is 0 Å². The lowest BCUT2D eigenvalue weighted by molar-refractivity contribution is -0.158. The van der Waals surface area contributed by atoms with Crippen molar-refractivity contribution < 1.29 is 19.0 Å². The number of esters is 1. The maximum absolute atomic E-state index is 12.0. The zero-order valence-corrected chi connectivity index (χ0v) is 17.1. The molecule has 24 heavy (non-hydrogen) atoms. The van der Waals surface area contributed by atoms with Crippen LogP contribution in [-0.2, 0) is 14.3 Å². The summed E-state index contributed by atoms with van der Waals surface area (Å²) in [5, 5.41) is -0.00792. The SMILES string of the molecule is CCOC(=O)C(C)(C)Oc1ccc(C2OC2(C)[Si](C)(C)C)cc1C. The van der Waals surface area contributed by atoms with Crippen LogP contribution in [0.3, 0.4) is 0 Å². The fourth-order valence-electron chi connectivity index (χ4n) is 2.74. The molecule has 0 bridgehead atoms. The molecule has 1 heterocycles. The van der Waals surface area contributed by atoms with Crippen molar-refractivity contribution in [2.45, 2.75) is 71.2 Å². The van der Waals surface area contributed by atoms with E-state index in [1.54, 1.807) is 20.8 Å². The monoisotopic (exact) mass is 350 g/mol. The number of ether oxygens (including phenoxy) is 3. The maximum Gasteiger partial charge on any atom is 0.349 e. The zero-order chi connectivity index (χ0) is 18.3. The van der Waals surface area contributed by atoms with Crippen LogP contribution >= 0.6 is 0 Å². The van der Waals surface area contributed by atoms with Crippen molar-refractivity contribution in [3.05, 3.63) is 29.3 Å². The van der Waals surface area contributed by atoms with E-state index in [-0.39, 0.29) is 17.3 Å². The van der Waals surface area contributed by atoms with Gasteiger partial charge in [-0.05, 0) is 57.9 Å². The number of hydrogen-bond acceptors (Lipinski definition) is 4. The first-order valence-electron chi connectivity index (χ1n) is 8.57. The van der Waals surface area contributed by atoms with Gasteiger partial charge in [-0.1, -0.05) is 25.7 Å². The van der Waals surface area contributed by atoms with E-state index < -0.39 is 13.7 Å². The number of carbonyl (C=O) groups is 1. The molecule has 0 aliphatic carbocycles. The Balaban J connectivity index is 2.16. The van der Waals surface area contributed by atoms with Crippen LogP contribution in [0.15, 0.2) is 18.2 Å². The van der Waals surface area contributed by atoms with Gasteiger partial charge in [0.1, 0.15) is 11.9 Å². The third kappa shape index (κ3) is 3.52. The molecule has 1 aromatic rings. The summed E-state index contributed by atoms with van der Waals surface area (Å²) >= 11 is 0. The Hall–Kier alpha value is -1.33. The second-order valence-corrected chi connectivity index (χ2v) is 13.7. The smallest absolute Gasteiger partial charge is 0.349 e. The van der Waals surface area contributed by atoms with E-state index in [9.17, 15) is 4.79 Å². The Bertz CT molecular complexity index is 633. The molecule has 1 aromatic carbocycles. The Morgan fingerprint density at radius 1 is 1.33 bits per heavy atom. The fourth-order valence-corrected chi connectivity index (χ4v) is 4.16. The van der Waals surface area contributed by atoms with Gasteiger partial charge < -0.3 is 14.2 Å². The molecule has 134 valence electrons. The van der Waals surface area contributed by atoms with Crippen LogP contribution in [0.1, 0.15) is 44.9 Å². The molecule has 1 aliphatic heterocycles. The van der Waals surface area contributed by atoms with Gasteiger partial charge in [0.25, 0.3) is 0 Å². The largest absolute Gasteiger partial charge is 0.476 e. The minimum atomic E-state index is -1.40. The first-order valence-corrected chi connectivity index (χ1v) is 12.1. The predicted octanol–water partition coefficient (Wildman–Crippen LogP) is 4.42. The number of carbonyl (C=O) groups excluding carboxylic acids is 1. The average molecular weight is 351 g/mol. The van der Waals surface area contributed by atoms with Crippen molar-refractivity contribution in [3.8, 4) is 5.75 Å². The molecule has 0 spiro atoms.